The van der Waals surface area contributed by atoms with Gasteiger partial charge in [0.2, 0.25) is 5.91 Å². The summed E-state index contributed by atoms with van der Waals surface area (Å²) in [7, 11) is 1.30. The van der Waals surface area contributed by atoms with Crippen molar-refractivity contribution in [2.75, 3.05) is 17.7 Å². The summed E-state index contributed by atoms with van der Waals surface area (Å²) >= 11 is 0. The second-order valence-electron chi connectivity index (χ2n) is 5.98. The summed E-state index contributed by atoms with van der Waals surface area (Å²) in [6, 6.07) is 19.0. The third-order valence-electron chi connectivity index (χ3n) is 3.96. The van der Waals surface area contributed by atoms with Crippen LogP contribution in [0, 0.1) is 0 Å². The van der Waals surface area contributed by atoms with Crippen molar-refractivity contribution >= 4 is 29.1 Å². The van der Waals surface area contributed by atoms with Gasteiger partial charge in [0.15, 0.2) is 0 Å². The number of benzene rings is 2. The number of nitrogens with zero attached hydrogens (tertiary/aromatic N) is 2. The predicted molar refractivity (Wildman–Crippen MR) is 107 cm³/mol. The van der Waals surface area contributed by atoms with Gasteiger partial charge in [0.05, 0.1) is 19.2 Å². The predicted octanol–water partition coefficient (Wildman–Crippen LogP) is 3.78. The number of aromatic nitrogens is 2. The van der Waals surface area contributed by atoms with E-state index in [9.17, 15) is 9.59 Å². The Labute approximate surface area is 162 Å². The molecule has 0 fully saturated rings. The van der Waals surface area contributed by atoms with Crippen LogP contribution in [0.2, 0.25) is 0 Å². The first kappa shape index (κ1) is 19.0. The van der Waals surface area contributed by atoms with Gasteiger partial charge in [-0.3, -0.25) is 9.59 Å². The molecule has 0 radical (unpaired) electrons. The van der Waals surface area contributed by atoms with Crippen LogP contribution in [0.1, 0.15) is 12.8 Å². The van der Waals surface area contributed by atoms with Gasteiger partial charge < -0.3 is 15.4 Å². The van der Waals surface area contributed by atoms with Gasteiger partial charge in [0, 0.05) is 29.4 Å². The first-order chi connectivity index (χ1) is 13.6. The van der Waals surface area contributed by atoms with E-state index in [0.717, 1.165) is 16.9 Å². The summed E-state index contributed by atoms with van der Waals surface area (Å²) in [4.78, 5) is 31.5. The molecule has 0 bridgehead atoms. The van der Waals surface area contributed by atoms with E-state index in [0.29, 0.717) is 11.5 Å². The third-order valence-corrected chi connectivity index (χ3v) is 3.96. The van der Waals surface area contributed by atoms with Crippen molar-refractivity contribution in [3.8, 4) is 11.3 Å². The lowest BCUT2D eigenvalue weighted by atomic mass is 10.1. The Morgan fingerprint density at radius 2 is 1.64 bits per heavy atom. The summed E-state index contributed by atoms with van der Waals surface area (Å²) in [5.41, 5.74) is 3.31. The number of amides is 1. The summed E-state index contributed by atoms with van der Waals surface area (Å²) in [6.45, 7) is 0. The number of ether oxygens (including phenoxy) is 1. The van der Waals surface area contributed by atoms with Crippen molar-refractivity contribution in [2.24, 2.45) is 0 Å². The molecule has 0 saturated carbocycles. The van der Waals surface area contributed by atoms with E-state index < -0.39 is 5.97 Å². The number of anilines is 3. The number of esters is 1. The normalized spacial score (nSPS) is 10.2. The maximum absolute atomic E-state index is 11.8. The molecule has 0 aliphatic rings. The fourth-order valence-corrected chi connectivity index (χ4v) is 2.52. The summed E-state index contributed by atoms with van der Waals surface area (Å²) in [6.07, 6.45) is 1.65. The van der Waals surface area contributed by atoms with Crippen LogP contribution in [0.15, 0.2) is 67.0 Å². The van der Waals surface area contributed by atoms with Crippen molar-refractivity contribution in [3.63, 3.8) is 0 Å². The Morgan fingerprint density at radius 1 is 0.929 bits per heavy atom. The van der Waals surface area contributed by atoms with Crippen LogP contribution in [0.4, 0.5) is 17.2 Å². The lowest BCUT2D eigenvalue weighted by Crippen LogP contribution is -2.13. The Hall–Kier alpha value is -3.74. The third kappa shape index (κ3) is 5.38. The van der Waals surface area contributed by atoms with E-state index >= 15 is 0 Å². The number of nitrogens with one attached hydrogen (secondary N) is 2. The average Bonchev–Trinajstić information content (AvgIpc) is 2.74. The van der Waals surface area contributed by atoms with Gasteiger partial charge in [0.1, 0.15) is 12.1 Å². The van der Waals surface area contributed by atoms with Crippen LogP contribution in [0.5, 0.6) is 0 Å². The average molecular weight is 376 g/mol. The summed E-state index contributed by atoms with van der Waals surface area (Å²) in [5, 5.41) is 5.96. The maximum Gasteiger partial charge on any atom is 0.306 e. The molecule has 0 aliphatic heterocycles. The van der Waals surface area contributed by atoms with Crippen LogP contribution >= 0.6 is 0 Å². The molecule has 0 spiro atoms. The number of carbonyl (C=O) groups excluding carboxylic acids is 2. The van der Waals surface area contributed by atoms with Crippen molar-refractivity contribution in [1.82, 2.24) is 9.97 Å². The minimum absolute atomic E-state index is 0.0550. The maximum atomic E-state index is 11.8. The molecule has 2 N–H and O–H groups in total. The van der Waals surface area contributed by atoms with Crippen molar-refractivity contribution in [2.45, 2.75) is 12.8 Å². The monoisotopic (exact) mass is 376 g/mol. The highest BCUT2D eigenvalue weighted by Gasteiger charge is 2.07. The van der Waals surface area contributed by atoms with Gasteiger partial charge >= 0.3 is 5.97 Å². The Morgan fingerprint density at radius 3 is 2.36 bits per heavy atom. The summed E-state index contributed by atoms with van der Waals surface area (Å²) in [5.74, 6) is 0.0209. The molecule has 1 amide bonds. The first-order valence-electron chi connectivity index (χ1n) is 8.75. The highest BCUT2D eigenvalue weighted by molar-refractivity contribution is 5.92. The highest BCUT2D eigenvalue weighted by atomic mass is 16.5. The molecule has 0 unspecified atom stereocenters. The van der Waals surface area contributed by atoms with Crippen LogP contribution < -0.4 is 10.6 Å². The van der Waals surface area contributed by atoms with Crippen LogP contribution in [0.25, 0.3) is 11.3 Å². The fourth-order valence-electron chi connectivity index (χ4n) is 2.52. The zero-order valence-corrected chi connectivity index (χ0v) is 15.4. The van der Waals surface area contributed by atoms with Gasteiger partial charge in [-0.05, 0) is 24.3 Å². The number of methoxy groups -OCH3 is 1. The molecule has 3 rings (SSSR count). The molecule has 0 atom stereocenters. The van der Waals surface area contributed by atoms with Crippen molar-refractivity contribution < 1.29 is 14.3 Å². The van der Waals surface area contributed by atoms with E-state index in [1.807, 2.05) is 48.5 Å². The van der Waals surface area contributed by atoms with Crippen molar-refractivity contribution in [3.05, 3.63) is 67.0 Å². The van der Waals surface area contributed by atoms with E-state index in [1.165, 1.54) is 13.4 Å². The number of rotatable bonds is 7. The number of carbonyl (C=O) groups is 2. The minimum Gasteiger partial charge on any atom is -0.469 e. The topological polar surface area (TPSA) is 93.2 Å². The largest absolute Gasteiger partial charge is 0.469 e. The molecule has 0 saturated heterocycles. The lowest BCUT2D eigenvalue weighted by molar-refractivity contribution is -0.141. The molecule has 7 heteroatoms. The zero-order chi connectivity index (χ0) is 19.8. The molecule has 1 aromatic heterocycles. The number of hydrogen-bond acceptors (Lipinski definition) is 6. The SMILES string of the molecule is COC(=O)CCC(=O)Nc1ccc(Nc2cc(-c3ccccc3)ncn2)cc1. The second kappa shape index (κ2) is 9.27. The van der Waals surface area contributed by atoms with Gasteiger partial charge in [-0.25, -0.2) is 9.97 Å². The molecule has 142 valence electrons. The van der Waals surface area contributed by atoms with E-state index in [4.69, 9.17) is 0 Å². The molecule has 2 aromatic carbocycles. The molecule has 1 heterocycles. The molecule has 0 aliphatic carbocycles. The zero-order valence-electron chi connectivity index (χ0n) is 15.4. The van der Waals surface area contributed by atoms with E-state index in [-0.39, 0.29) is 18.7 Å². The van der Waals surface area contributed by atoms with Crippen LogP contribution in [0.3, 0.4) is 0 Å². The van der Waals surface area contributed by atoms with Crippen molar-refractivity contribution in [1.29, 1.82) is 0 Å². The second-order valence-corrected chi connectivity index (χ2v) is 5.98. The highest BCUT2D eigenvalue weighted by Crippen LogP contribution is 2.22. The molecular weight excluding hydrogens is 356 g/mol. The molecule has 3 aromatic rings. The molecular formula is C21H20N4O3. The lowest BCUT2D eigenvalue weighted by Gasteiger charge is -2.09. The Balaban J connectivity index is 1.60. The molecule has 7 nitrogen and oxygen atoms in total. The quantitative estimate of drug-likeness (QED) is 0.610. The fraction of sp³-hybridized carbons (Fsp3) is 0.143. The van der Waals surface area contributed by atoms with Crippen LogP contribution in [-0.4, -0.2) is 29.0 Å². The minimum atomic E-state index is -0.408. The van der Waals surface area contributed by atoms with Gasteiger partial charge in [-0.2, -0.15) is 0 Å². The standard InChI is InChI=1S/C21H20N4O3/c1-28-21(27)12-11-20(26)25-17-9-7-16(8-10-17)24-19-13-18(22-14-23-19)15-5-3-2-4-6-15/h2-10,13-14H,11-12H2,1H3,(H,25,26)(H,22,23,24). The van der Waals surface area contributed by atoms with Gasteiger partial charge in [-0.1, -0.05) is 30.3 Å². The van der Waals surface area contributed by atoms with Gasteiger partial charge in [-0.15, -0.1) is 0 Å². The Kier molecular flexibility index (Phi) is 6.30. The van der Waals surface area contributed by atoms with Crippen LogP contribution in [-0.2, 0) is 14.3 Å². The first-order valence-corrected chi connectivity index (χ1v) is 8.75. The van der Waals surface area contributed by atoms with Gasteiger partial charge in [0.25, 0.3) is 0 Å². The smallest absolute Gasteiger partial charge is 0.306 e. The summed E-state index contributed by atoms with van der Waals surface area (Å²) < 4.78 is 4.52. The van der Waals surface area contributed by atoms with E-state index in [1.54, 1.807) is 12.1 Å². The van der Waals surface area contributed by atoms with E-state index in [2.05, 4.69) is 25.3 Å². The molecule has 28 heavy (non-hydrogen) atoms. The Bertz CT molecular complexity index is 943. The number of hydrogen-bond donors (Lipinski definition) is 2.